The van der Waals surface area contributed by atoms with Crippen molar-refractivity contribution >= 4 is 11.7 Å². The second-order valence-electron chi connectivity index (χ2n) is 11.3. The maximum atomic E-state index is 13.4. The second kappa shape index (κ2) is 12.2. The molecule has 2 aliphatic rings. The van der Waals surface area contributed by atoms with Crippen molar-refractivity contribution in [1.82, 2.24) is 30.2 Å². The predicted octanol–water partition coefficient (Wildman–Crippen LogP) is 5.35. The van der Waals surface area contributed by atoms with E-state index in [1.165, 1.54) is 0 Å². The van der Waals surface area contributed by atoms with Gasteiger partial charge >= 0.3 is 0 Å². The molecular weight excluding hydrogens is 488 g/mol. The number of nitrogens with zero attached hydrogens (tertiary/aromatic N) is 4. The lowest BCUT2D eigenvalue weighted by atomic mass is 9.91. The Labute approximate surface area is 231 Å². The van der Waals surface area contributed by atoms with Crippen molar-refractivity contribution in [2.75, 3.05) is 20.1 Å². The third kappa shape index (κ3) is 6.61. The summed E-state index contributed by atoms with van der Waals surface area (Å²) in [5.41, 5.74) is 3.85. The highest BCUT2D eigenvalue weighted by Gasteiger charge is 2.58. The van der Waals surface area contributed by atoms with Crippen LogP contribution in [0.3, 0.4) is 0 Å². The van der Waals surface area contributed by atoms with Crippen LogP contribution in [-0.2, 0) is 9.59 Å². The number of aromatic nitrogens is 4. The fourth-order valence-corrected chi connectivity index (χ4v) is 5.81. The minimum absolute atomic E-state index is 0.106. The van der Waals surface area contributed by atoms with Crippen LogP contribution < -0.4 is 5.32 Å². The molecular formula is C31H40N6O2. The number of H-pyrrole nitrogens is 1. The summed E-state index contributed by atoms with van der Waals surface area (Å²) in [5, 5.41) is 3.35. The van der Waals surface area contributed by atoms with Gasteiger partial charge in [0.05, 0.1) is 23.6 Å². The number of pyridine rings is 2. The number of ketones is 1. The first-order valence-corrected chi connectivity index (χ1v) is 14.4. The Hall–Kier alpha value is -3.39. The van der Waals surface area contributed by atoms with E-state index in [9.17, 15) is 9.59 Å². The van der Waals surface area contributed by atoms with Crippen LogP contribution in [0.15, 0.2) is 49.1 Å². The molecule has 1 aliphatic heterocycles. The van der Waals surface area contributed by atoms with Crippen LogP contribution in [0.25, 0.3) is 22.5 Å². The Bertz CT molecular complexity index is 1250. The molecule has 1 saturated carbocycles. The number of amides is 1. The molecule has 1 amide bonds. The number of Topliss-reactive ketones (excluding diaryl/α,β-unsaturated/α-hetero) is 1. The molecule has 3 aromatic rings. The molecule has 2 N–H and O–H groups in total. The molecule has 1 spiro atoms. The highest BCUT2D eigenvalue weighted by Crippen LogP contribution is 2.59. The number of rotatable bonds is 12. The molecule has 3 aromatic heterocycles. The van der Waals surface area contributed by atoms with Crippen molar-refractivity contribution in [1.29, 1.82) is 0 Å². The largest absolute Gasteiger partial charge is 0.346 e. The van der Waals surface area contributed by atoms with Gasteiger partial charge in [-0.05, 0) is 81.9 Å². The molecule has 2 fully saturated rings. The van der Waals surface area contributed by atoms with Gasteiger partial charge in [-0.3, -0.25) is 19.6 Å². The molecule has 1 aliphatic carbocycles. The Morgan fingerprint density at radius 1 is 1.08 bits per heavy atom. The summed E-state index contributed by atoms with van der Waals surface area (Å²) in [4.78, 5) is 44.4. The molecule has 4 heterocycles. The van der Waals surface area contributed by atoms with Crippen LogP contribution >= 0.6 is 0 Å². The maximum Gasteiger partial charge on any atom is 0.224 e. The van der Waals surface area contributed by atoms with Crippen LogP contribution in [0, 0.1) is 11.3 Å². The summed E-state index contributed by atoms with van der Waals surface area (Å²) < 4.78 is 0. The summed E-state index contributed by atoms with van der Waals surface area (Å²) in [5.74, 6) is 1.36. The molecule has 8 heteroatoms. The van der Waals surface area contributed by atoms with E-state index in [1.54, 1.807) is 12.4 Å². The summed E-state index contributed by atoms with van der Waals surface area (Å²) in [6, 6.07) is 7.72. The molecule has 5 rings (SSSR count). The van der Waals surface area contributed by atoms with Gasteiger partial charge in [0.25, 0.3) is 0 Å². The Morgan fingerprint density at radius 3 is 2.64 bits per heavy atom. The van der Waals surface area contributed by atoms with Gasteiger partial charge in [0.1, 0.15) is 11.6 Å². The Morgan fingerprint density at radius 2 is 1.92 bits per heavy atom. The van der Waals surface area contributed by atoms with E-state index >= 15 is 0 Å². The average Bonchev–Trinajstić information content (AvgIpc) is 3.45. The molecule has 0 aromatic carbocycles. The third-order valence-corrected chi connectivity index (χ3v) is 8.61. The van der Waals surface area contributed by atoms with E-state index in [-0.39, 0.29) is 23.3 Å². The van der Waals surface area contributed by atoms with E-state index in [4.69, 9.17) is 4.98 Å². The van der Waals surface area contributed by atoms with Gasteiger partial charge < -0.3 is 15.2 Å². The van der Waals surface area contributed by atoms with Crippen LogP contribution in [-0.4, -0.2) is 56.7 Å². The molecule has 0 radical (unpaired) electrons. The van der Waals surface area contributed by atoms with Crippen molar-refractivity contribution in [2.24, 2.45) is 11.3 Å². The third-order valence-electron chi connectivity index (χ3n) is 8.61. The van der Waals surface area contributed by atoms with E-state index in [0.717, 1.165) is 86.4 Å². The van der Waals surface area contributed by atoms with Crippen molar-refractivity contribution in [2.45, 2.75) is 70.8 Å². The lowest BCUT2D eigenvalue weighted by Gasteiger charge is -2.30. The average molecular weight is 529 g/mol. The minimum atomic E-state index is -0.181. The number of unbranched alkanes of at least 4 members (excludes halogenated alkanes) is 2. The topological polar surface area (TPSA) is 104 Å². The molecule has 1 saturated heterocycles. The molecule has 206 valence electrons. The number of carbonyl (C=O) groups excluding carboxylic acids is 2. The van der Waals surface area contributed by atoms with Crippen molar-refractivity contribution in [3.8, 4) is 22.5 Å². The second-order valence-corrected chi connectivity index (χ2v) is 11.3. The molecule has 8 nitrogen and oxygen atoms in total. The Kier molecular flexibility index (Phi) is 8.50. The summed E-state index contributed by atoms with van der Waals surface area (Å²) >= 11 is 0. The van der Waals surface area contributed by atoms with Crippen molar-refractivity contribution in [3.63, 3.8) is 0 Å². The van der Waals surface area contributed by atoms with Gasteiger partial charge in [-0.25, -0.2) is 4.98 Å². The smallest absolute Gasteiger partial charge is 0.224 e. The zero-order valence-corrected chi connectivity index (χ0v) is 23.2. The number of likely N-dealkylation sites (tertiary alicyclic amines) is 1. The highest BCUT2D eigenvalue weighted by atomic mass is 16.2. The van der Waals surface area contributed by atoms with Crippen molar-refractivity contribution < 1.29 is 9.59 Å². The fourth-order valence-electron chi connectivity index (χ4n) is 5.81. The predicted molar refractivity (Wildman–Crippen MR) is 152 cm³/mol. The number of hydrogen-bond acceptors (Lipinski definition) is 6. The summed E-state index contributed by atoms with van der Waals surface area (Å²) in [6.07, 6.45) is 15.2. The lowest BCUT2D eigenvalue weighted by Crippen LogP contribution is -2.36. The number of carbonyl (C=O) groups is 2. The standard InChI is InChI=1S/C31H40N6O2/c1-3-24(38)9-5-4-6-10-27(36-30(39)25-18-31(25)13-16-37(2)17-14-31)29-34-21-28(35-29)23-11-12-26(33-20-23)22-8-7-15-32-19-22/h7-8,11-12,15,19-21,25,27H,3-6,9-10,13-14,16-18H2,1-2H3,(H,34,35)(H,36,39)/t25-,27+/m1/s1. The van der Waals surface area contributed by atoms with Gasteiger partial charge in [0.15, 0.2) is 0 Å². The van der Waals surface area contributed by atoms with Crippen LogP contribution in [0.1, 0.15) is 76.6 Å². The van der Waals surface area contributed by atoms with Gasteiger partial charge in [-0.1, -0.05) is 19.8 Å². The molecule has 39 heavy (non-hydrogen) atoms. The Balaban J connectivity index is 1.25. The summed E-state index contributed by atoms with van der Waals surface area (Å²) in [7, 11) is 2.16. The molecule has 2 atom stereocenters. The quantitative estimate of drug-likeness (QED) is 0.307. The summed E-state index contributed by atoms with van der Waals surface area (Å²) in [6.45, 7) is 4.05. The monoisotopic (exact) mass is 528 g/mol. The number of hydrogen-bond donors (Lipinski definition) is 2. The normalized spacial score (nSPS) is 19.1. The van der Waals surface area contributed by atoms with Crippen LogP contribution in [0.4, 0.5) is 0 Å². The van der Waals surface area contributed by atoms with Gasteiger partial charge in [-0.15, -0.1) is 0 Å². The first-order chi connectivity index (χ1) is 19.0. The first-order valence-electron chi connectivity index (χ1n) is 14.4. The molecule has 0 unspecified atom stereocenters. The number of imidazole rings is 1. The van der Waals surface area contributed by atoms with Gasteiger partial charge in [-0.2, -0.15) is 0 Å². The number of aromatic amines is 1. The van der Waals surface area contributed by atoms with Crippen molar-refractivity contribution in [3.05, 3.63) is 54.9 Å². The van der Waals surface area contributed by atoms with E-state index < -0.39 is 0 Å². The lowest BCUT2D eigenvalue weighted by molar-refractivity contribution is -0.124. The SMILES string of the molecule is CCC(=O)CCCCC[C@H](NC(=O)[C@H]1CC12CCN(C)CC2)c1ncc(-c2ccc(-c3cccnc3)nc2)[nH]1. The number of piperidine rings is 1. The maximum absolute atomic E-state index is 13.4. The van der Waals surface area contributed by atoms with Crippen LogP contribution in [0.5, 0.6) is 0 Å². The first kappa shape index (κ1) is 27.2. The van der Waals surface area contributed by atoms with E-state index in [2.05, 4.69) is 32.2 Å². The highest BCUT2D eigenvalue weighted by molar-refractivity contribution is 5.83. The number of nitrogens with one attached hydrogen (secondary N) is 2. The van der Waals surface area contributed by atoms with E-state index in [1.807, 2.05) is 43.6 Å². The molecule has 0 bridgehead atoms. The van der Waals surface area contributed by atoms with E-state index in [0.29, 0.717) is 18.6 Å². The zero-order chi connectivity index (χ0) is 27.2. The fraction of sp³-hybridized carbons (Fsp3) is 0.516. The van der Waals surface area contributed by atoms with Gasteiger partial charge in [0, 0.05) is 48.5 Å². The zero-order valence-electron chi connectivity index (χ0n) is 23.2. The van der Waals surface area contributed by atoms with Crippen LogP contribution in [0.2, 0.25) is 0 Å². The minimum Gasteiger partial charge on any atom is -0.346 e. The van der Waals surface area contributed by atoms with Gasteiger partial charge in [0.2, 0.25) is 5.91 Å².